The molecule has 0 saturated heterocycles. The smallest absolute Gasteiger partial charge is 0.550 e. The number of aliphatic hydroxyl groups is 4. The van der Waals surface area contributed by atoms with Gasteiger partial charge in [-0.3, -0.25) is 9.59 Å². The van der Waals surface area contributed by atoms with Crippen LogP contribution >= 0.6 is 11.6 Å². The maximum atomic E-state index is 10.3. The monoisotopic (exact) mass is 722 g/mol. The van der Waals surface area contributed by atoms with Crippen molar-refractivity contribution in [2.24, 2.45) is 0 Å². The van der Waals surface area contributed by atoms with Crippen LogP contribution in [0.1, 0.15) is 38.2 Å². The molecule has 1 atom stereocenters. The Morgan fingerprint density at radius 1 is 0.783 bits per heavy atom. The number of aryl methyl sites for hydroxylation is 1. The van der Waals surface area contributed by atoms with Gasteiger partial charge in [-0.05, 0) is 37.6 Å². The summed E-state index contributed by atoms with van der Waals surface area (Å²) in [5.41, 5.74) is -4.81. The van der Waals surface area contributed by atoms with E-state index in [0.29, 0.717) is 5.02 Å². The fraction of sp³-hybridized carbons (Fsp3) is 0.455. The van der Waals surface area contributed by atoms with E-state index in [2.05, 4.69) is 0 Å². The first-order valence-corrected chi connectivity index (χ1v) is 10.9. The molecule has 1 unspecified atom stereocenters. The molecule has 1 aromatic carbocycles. The summed E-state index contributed by atoms with van der Waals surface area (Å²) in [5, 5.41) is 98.3. The summed E-state index contributed by atoms with van der Waals surface area (Å²) in [6, 6.07) is 4.86. The Morgan fingerprint density at radius 3 is 1.28 bits per heavy atom. The standard InChI is InChI=1S/C7H7ClO.2C6H8O7.C3H8O2.3Na.3H2O/c1-5-4-6(9)2-3-7(5)8;2*7-3(8)1-6(13,5(11)12)2-4(9)10;1-3(5)2-4;;;;;;/h2-4,9H,1H3;2*13H,1-2H2,(H,7,8)(H,9,10)(H,11,12);3-5H,2H2,1H3;;;;3*1H2/q;;;;3*+1;;;/p-3. The average molecular weight is 723 g/mol. The molecule has 1 rings (SSSR count). The molecule has 0 aliphatic rings. The van der Waals surface area contributed by atoms with Gasteiger partial charge in [0.25, 0.3) is 0 Å². The van der Waals surface area contributed by atoms with Crippen LogP contribution in [0.25, 0.3) is 0 Å². The molecule has 0 saturated carbocycles. The second-order valence-corrected chi connectivity index (χ2v) is 8.27. The topological polar surface area (TPSA) is 428 Å². The SMILES string of the molecule is CC(O)CO.Cc1cc(O)ccc1Cl.O.O.O.O=C(O)CC(O)(CC(=O)O)C(=O)O.O=C([O-])CC(O)(CC(=O)[O-])C(=O)[O-].[Na+].[Na+].[Na+]. The third kappa shape index (κ3) is 35.7. The van der Waals surface area contributed by atoms with Gasteiger partial charge in [-0.25, -0.2) is 4.79 Å². The molecule has 0 aromatic heterocycles. The number of hydrogen-bond acceptors (Lipinski definition) is 14. The van der Waals surface area contributed by atoms with Crippen LogP contribution in [0.5, 0.6) is 5.75 Å². The fourth-order valence-electron chi connectivity index (χ4n) is 2.03. The van der Waals surface area contributed by atoms with Crippen LogP contribution < -0.4 is 104 Å². The number of rotatable bonds is 11. The quantitative estimate of drug-likeness (QED) is 0.0982. The predicted molar refractivity (Wildman–Crippen MR) is 134 cm³/mol. The molecule has 1 aromatic rings. The Hall–Kier alpha value is -1.15. The number of phenolic OH excluding ortho intramolecular Hbond substituents is 1. The first-order valence-electron chi connectivity index (χ1n) is 10.5. The third-order valence-corrected chi connectivity index (χ3v) is 4.37. The molecule has 0 heterocycles. The molecule has 46 heavy (non-hydrogen) atoms. The van der Waals surface area contributed by atoms with Crippen molar-refractivity contribution in [2.75, 3.05) is 6.61 Å². The molecular weight excluding hydrogens is 689 g/mol. The van der Waals surface area contributed by atoms with Crippen molar-refractivity contribution >= 4 is 47.4 Å². The van der Waals surface area contributed by atoms with Crippen LogP contribution in [-0.4, -0.2) is 117 Å². The second kappa shape index (κ2) is 33.7. The van der Waals surface area contributed by atoms with E-state index in [0.717, 1.165) is 5.56 Å². The van der Waals surface area contributed by atoms with Gasteiger partial charge in [-0.15, -0.1) is 0 Å². The van der Waals surface area contributed by atoms with E-state index < -0.39 is 78.8 Å². The van der Waals surface area contributed by atoms with Crippen molar-refractivity contribution in [1.82, 2.24) is 0 Å². The van der Waals surface area contributed by atoms with E-state index in [9.17, 15) is 44.1 Å². The number of aromatic hydroxyl groups is 1. The van der Waals surface area contributed by atoms with Crippen LogP contribution in [-0.2, 0) is 28.8 Å². The average Bonchev–Trinajstić information content (AvgIpc) is 2.75. The van der Waals surface area contributed by atoms with Gasteiger partial charge in [0.1, 0.15) is 11.4 Å². The number of carbonyl (C=O) groups excluding carboxylic acids is 3. The number of phenols is 1. The van der Waals surface area contributed by atoms with Crippen molar-refractivity contribution in [3.05, 3.63) is 28.8 Å². The van der Waals surface area contributed by atoms with Crippen molar-refractivity contribution in [3.63, 3.8) is 0 Å². The van der Waals surface area contributed by atoms with Crippen LogP contribution in [0.3, 0.4) is 0 Å². The van der Waals surface area contributed by atoms with Crippen molar-refractivity contribution < 1.29 is 190 Å². The third-order valence-electron chi connectivity index (χ3n) is 3.94. The second-order valence-electron chi connectivity index (χ2n) is 7.86. The van der Waals surface area contributed by atoms with Gasteiger partial charge in [0.15, 0.2) is 5.60 Å². The van der Waals surface area contributed by atoms with Crippen LogP contribution in [0.4, 0.5) is 0 Å². The zero-order chi connectivity index (χ0) is 32.4. The molecule has 0 fully saturated rings. The number of hydrogen-bond donors (Lipinski definition) is 8. The van der Waals surface area contributed by atoms with E-state index in [1.54, 1.807) is 18.2 Å². The minimum atomic E-state index is -2.97. The Morgan fingerprint density at radius 2 is 1.11 bits per heavy atom. The van der Waals surface area contributed by atoms with E-state index >= 15 is 0 Å². The number of carbonyl (C=O) groups is 6. The summed E-state index contributed by atoms with van der Waals surface area (Å²) in [6.07, 6.45) is -5.56. The molecule has 14 N–H and O–H groups in total. The molecule has 0 radical (unpaired) electrons. The van der Waals surface area contributed by atoms with Gasteiger partial charge in [-0.1, -0.05) is 11.6 Å². The largest absolute Gasteiger partial charge is 1.00 e. The minimum absolute atomic E-state index is 0. The van der Waals surface area contributed by atoms with Crippen LogP contribution in [0.2, 0.25) is 5.02 Å². The molecule has 24 heteroatoms. The summed E-state index contributed by atoms with van der Waals surface area (Å²) in [6.45, 7) is 3.24. The first-order chi connectivity index (χ1) is 18.0. The number of carboxylic acids is 6. The van der Waals surface area contributed by atoms with E-state index in [1.807, 2.05) is 6.92 Å². The van der Waals surface area contributed by atoms with Gasteiger partial charge in [0.05, 0.1) is 31.5 Å². The van der Waals surface area contributed by atoms with Crippen LogP contribution in [0, 0.1) is 6.92 Å². The molecular formula is C22H34ClNa3O20. The first kappa shape index (κ1) is 67.1. The zero-order valence-corrected chi connectivity index (χ0v) is 32.2. The maximum absolute atomic E-state index is 10.3. The number of aliphatic hydroxyl groups excluding tert-OH is 2. The van der Waals surface area contributed by atoms with Crippen molar-refractivity contribution in [3.8, 4) is 5.75 Å². The Labute approximate surface area is 332 Å². The number of benzene rings is 1. The van der Waals surface area contributed by atoms with Gasteiger partial charge in [0.2, 0.25) is 0 Å². The van der Waals surface area contributed by atoms with Crippen LogP contribution in [0.15, 0.2) is 18.2 Å². The minimum Gasteiger partial charge on any atom is -0.550 e. The summed E-state index contributed by atoms with van der Waals surface area (Å²) in [4.78, 5) is 60.5. The molecule has 0 bridgehead atoms. The van der Waals surface area contributed by atoms with Crippen molar-refractivity contribution in [1.29, 1.82) is 0 Å². The Balaban J connectivity index is -0.0000000565. The Kier molecular flexibility index (Phi) is 49.2. The Bertz CT molecular complexity index is 956. The van der Waals surface area contributed by atoms with E-state index in [4.69, 9.17) is 52.5 Å². The normalized spacial score (nSPS) is 9.63. The van der Waals surface area contributed by atoms with Gasteiger partial charge < -0.3 is 87.0 Å². The molecule has 20 nitrogen and oxygen atoms in total. The van der Waals surface area contributed by atoms with E-state index in [1.165, 1.54) is 6.92 Å². The van der Waals surface area contributed by atoms with Gasteiger partial charge >= 0.3 is 107 Å². The fourth-order valence-corrected chi connectivity index (χ4v) is 2.14. The molecule has 0 aliphatic heterocycles. The molecule has 252 valence electrons. The molecule has 0 spiro atoms. The zero-order valence-electron chi connectivity index (χ0n) is 25.5. The number of halogens is 1. The number of carboxylic acid groups (broad SMARTS) is 6. The summed E-state index contributed by atoms with van der Waals surface area (Å²) in [5.74, 6) is -10.7. The molecule has 0 amide bonds. The summed E-state index contributed by atoms with van der Waals surface area (Å²) >= 11 is 5.67. The number of aliphatic carboxylic acids is 6. The summed E-state index contributed by atoms with van der Waals surface area (Å²) in [7, 11) is 0. The maximum Gasteiger partial charge on any atom is 1.00 e. The van der Waals surface area contributed by atoms with Gasteiger partial charge in [-0.2, -0.15) is 0 Å². The van der Waals surface area contributed by atoms with Crippen molar-refractivity contribution in [2.45, 2.75) is 56.8 Å². The van der Waals surface area contributed by atoms with E-state index in [-0.39, 0.29) is 117 Å². The molecule has 0 aliphatic carbocycles. The van der Waals surface area contributed by atoms with Gasteiger partial charge in [0, 0.05) is 29.8 Å². The predicted octanol–water partition coefficient (Wildman–Crippen LogP) is -16.2. The summed E-state index contributed by atoms with van der Waals surface area (Å²) < 4.78 is 0.